The van der Waals surface area contributed by atoms with Gasteiger partial charge in [-0.1, -0.05) is 74.5 Å². The summed E-state index contributed by atoms with van der Waals surface area (Å²) in [6, 6.07) is 36.7. The molecule has 10 nitrogen and oxygen atoms in total. The van der Waals surface area contributed by atoms with Crippen LogP contribution in [0.4, 0.5) is 33.2 Å². The minimum atomic E-state index is -2.34. The van der Waals surface area contributed by atoms with E-state index in [1.165, 1.54) is 0 Å². The zero-order valence-electron chi connectivity index (χ0n) is 35.8. The van der Waals surface area contributed by atoms with Gasteiger partial charge in [0.25, 0.3) is 5.70 Å². The van der Waals surface area contributed by atoms with E-state index in [2.05, 4.69) is 63.9 Å². The molecule has 0 spiro atoms. The number of hydrogen-bond donors (Lipinski definition) is 1. The number of azo groups is 1. The van der Waals surface area contributed by atoms with Crippen LogP contribution in [0.2, 0.25) is 12.6 Å². The maximum atomic E-state index is 12.5. The molecule has 4 aromatic carbocycles. The van der Waals surface area contributed by atoms with Crippen LogP contribution >= 0.6 is 0 Å². The SMILES string of the molecule is [C-]#[N+]/C(C#N)=C1C=C(/C=C/c2ccc(N=Nc3ccc(N(c4ccccc4)c4ccc(COC(=O)NCCC[Si](C)(OC(C)C)OC(C)C)cc4)cc3)cc2)CC(C)(C)C\1. The average Bonchev–Trinajstić information content (AvgIpc) is 3.21. The number of nitrogens with zero attached hydrogens (tertiary/aromatic N) is 5. The molecule has 1 aliphatic carbocycles. The van der Waals surface area contributed by atoms with Crippen molar-refractivity contribution in [1.82, 2.24) is 5.32 Å². The molecule has 0 saturated carbocycles. The quantitative estimate of drug-likeness (QED) is 0.0373. The van der Waals surface area contributed by atoms with Gasteiger partial charge in [0.1, 0.15) is 6.61 Å². The minimum absolute atomic E-state index is 0.0269. The van der Waals surface area contributed by atoms with Crippen LogP contribution in [0.1, 0.15) is 71.9 Å². The third-order valence-corrected chi connectivity index (χ3v) is 12.8. The summed E-state index contributed by atoms with van der Waals surface area (Å²) in [5.41, 5.74) is 8.28. The van der Waals surface area contributed by atoms with E-state index in [-0.39, 0.29) is 29.9 Å². The van der Waals surface area contributed by atoms with E-state index in [0.717, 1.165) is 69.6 Å². The van der Waals surface area contributed by atoms with Gasteiger partial charge >= 0.3 is 14.7 Å². The molecule has 1 aliphatic rings. The second-order valence-electron chi connectivity index (χ2n) is 16.4. The highest BCUT2D eigenvalue weighted by Gasteiger charge is 2.33. The second-order valence-corrected chi connectivity index (χ2v) is 19.6. The van der Waals surface area contributed by atoms with Gasteiger partial charge in [0.15, 0.2) is 0 Å². The smallest absolute Gasteiger partial charge is 0.407 e. The zero-order valence-corrected chi connectivity index (χ0v) is 36.8. The van der Waals surface area contributed by atoms with Gasteiger partial charge in [-0.05, 0) is 148 Å². The number of anilines is 3. The third-order valence-electron chi connectivity index (χ3n) is 9.63. The van der Waals surface area contributed by atoms with Crippen molar-refractivity contribution in [2.75, 3.05) is 11.4 Å². The minimum Gasteiger partial charge on any atom is -0.445 e. The van der Waals surface area contributed by atoms with Crippen molar-refractivity contribution >= 4 is 49.2 Å². The molecule has 0 fully saturated rings. The largest absolute Gasteiger partial charge is 0.445 e. The number of rotatable bonds is 17. The molecule has 1 N–H and O–H groups in total. The molecule has 0 saturated heterocycles. The summed E-state index contributed by atoms with van der Waals surface area (Å²) in [7, 11) is -2.34. The van der Waals surface area contributed by atoms with Gasteiger partial charge in [0.2, 0.25) is 0 Å². The molecule has 0 unspecified atom stereocenters. The van der Waals surface area contributed by atoms with Gasteiger partial charge in [-0.15, -0.1) is 0 Å². The Hall–Kier alpha value is -6.11. The number of benzene rings is 4. The summed E-state index contributed by atoms with van der Waals surface area (Å²) >= 11 is 0. The Bertz CT molecular complexity index is 2220. The molecule has 0 radical (unpaired) electrons. The molecule has 310 valence electrons. The molecule has 0 atom stereocenters. The monoisotopic (exact) mass is 820 g/mol. The maximum absolute atomic E-state index is 12.5. The fourth-order valence-corrected chi connectivity index (χ4v) is 10.3. The fraction of sp³-hybridized carbons (Fsp3) is 0.327. The van der Waals surface area contributed by atoms with Crippen molar-refractivity contribution in [1.29, 1.82) is 5.26 Å². The lowest BCUT2D eigenvalue weighted by molar-refractivity contribution is 0.108. The number of alkyl carbamates (subject to hydrolysis) is 1. The van der Waals surface area contributed by atoms with Crippen LogP contribution < -0.4 is 10.2 Å². The Morgan fingerprint density at radius 1 is 0.867 bits per heavy atom. The molecule has 1 amide bonds. The second kappa shape index (κ2) is 21.2. The predicted octanol–water partition coefficient (Wildman–Crippen LogP) is 13.6. The summed E-state index contributed by atoms with van der Waals surface area (Å²) in [4.78, 5) is 18.1. The molecule has 60 heavy (non-hydrogen) atoms. The first-order valence-corrected chi connectivity index (χ1v) is 23.0. The van der Waals surface area contributed by atoms with Gasteiger partial charge in [-0.25, -0.2) is 14.9 Å². The number of hydrogen-bond acceptors (Lipinski definition) is 8. The molecule has 0 heterocycles. The van der Waals surface area contributed by atoms with Gasteiger partial charge in [-0.3, -0.25) is 0 Å². The highest BCUT2D eigenvalue weighted by Crippen LogP contribution is 2.40. The maximum Gasteiger partial charge on any atom is 0.407 e. The summed E-state index contributed by atoms with van der Waals surface area (Å²) in [5.74, 6) is 0. The van der Waals surface area contributed by atoms with E-state index in [4.69, 9.17) is 20.2 Å². The lowest BCUT2D eigenvalue weighted by atomic mass is 9.74. The van der Waals surface area contributed by atoms with Gasteiger partial charge in [-0.2, -0.15) is 10.2 Å². The van der Waals surface area contributed by atoms with Crippen LogP contribution in [0.5, 0.6) is 0 Å². The highest BCUT2D eigenvalue weighted by atomic mass is 28.4. The summed E-state index contributed by atoms with van der Waals surface area (Å²) in [6.45, 7) is 22.5. The van der Waals surface area contributed by atoms with Crippen LogP contribution in [0.3, 0.4) is 0 Å². The van der Waals surface area contributed by atoms with Gasteiger partial charge in [0.05, 0.1) is 24.0 Å². The van der Waals surface area contributed by atoms with E-state index in [9.17, 15) is 10.1 Å². The van der Waals surface area contributed by atoms with Crippen molar-refractivity contribution < 1.29 is 18.4 Å². The number of carbonyl (C=O) groups is 1. The molecule has 11 heteroatoms. The third kappa shape index (κ3) is 13.7. The van der Waals surface area contributed by atoms with Gasteiger partial charge < -0.3 is 23.8 Å². The Kier molecular flexibility index (Phi) is 15.9. The number of carbonyl (C=O) groups excluding carboxylic acids is 1. The Morgan fingerprint density at radius 2 is 1.43 bits per heavy atom. The first-order valence-electron chi connectivity index (χ1n) is 20.5. The van der Waals surface area contributed by atoms with E-state index in [0.29, 0.717) is 13.0 Å². The summed E-state index contributed by atoms with van der Waals surface area (Å²) in [6.07, 6.45) is 8.14. The topological polar surface area (TPSA) is 113 Å². The van der Waals surface area contributed by atoms with Gasteiger partial charge in [0, 0.05) is 35.8 Å². The number of nitrogens with one attached hydrogen (secondary N) is 1. The van der Waals surface area contributed by atoms with Crippen molar-refractivity contribution in [3.05, 3.63) is 155 Å². The normalized spacial score (nSPS) is 14.8. The predicted molar refractivity (Wildman–Crippen MR) is 243 cm³/mol. The van der Waals surface area contributed by atoms with E-state index in [1.54, 1.807) is 0 Å². The van der Waals surface area contributed by atoms with E-state index < -0.39 is 14.7 Å². The van der Waals surface area contributed by atoms with Crippen LogP contribution in [0.15, 0.2) is 142 Å². The number of nitriles is 1. The van der Waals surface area contributed by atoms with Crippen molar-refractivity contribution in [3.8, 4) is 6.07 Å². The molecule has 0 aliphatic heterocycles. The summed E-state index contributed by atoms with van der Waals surface area (Å²) < 4.78 is 17.8. The van der Waals surface area contributed by atoms with E-state index >= 15 is 0 Å². The highest BCUT2D eigenvalue weighted by molar-refractivity contribution is 6.66. The number of amides is 1. The first kappa shape index (κ1) is 45.0. The number of para-hydroxylation sites is 1. The molecular weight excluding hydrogens is 765 g/mol. The van der Waals surface area contributed by atoms with E-state index in [1.807, 2.05) is 137 Å². The molecule has 5 rings (SSSR count). The van der Waals surface area contributed by atoms with Crippen LogP contribution in [0, 0.1) is 23.3 Å². The Morgan fingerprint density at radius 3 is 2.00 bits per heavy atom. The zero-order chi connectivity index (χ0) is 43.1. The van der Waals surface area contributed by atoms with Crippen molar-refractivity contribution in [2.24, 2.45) is 15.6 Å². The van der Waals surface area contributed by atoms with Crippen LogP contribution in [-0.2, 0) is 20.2 Å². The molecule has 0 bridgehead atoms. The molecular formula is C49H56N6O4Si. The number of allylic oxidation sites excluding steroid dienone is 5. The fourth-order valence-electron chi connectivity index (χ4n) is 7.23. The van der Waals surface area contributed by atoms with Crippen LogP contribution in [-0.4, -0.2) is 33.4 Å². The first-order chi connectivity index (χ1) is 28.7. The lowest BCUT2D eigenvalue weighted by Gasteiger charge is -2.31. The van der Waals surface area contributed by atoms with Crippen molar-refractivity contribution in [2.45, 2.75) is 92.2 Å². The summed E-state index contributed by atoms with van der Waals surface area (Å²) in [5, 5.41) is 21.2. The lowest BCUT2D eigenvalue weighted by Crippen LogP contribution is -2.43. The average molecular weight is 821 g/mol. The van der Waals surface area contributed by atoms with Crippen LogP contribution in [0.25, 0.3) is 10.9 Å². The Labute approximate surface area is 357 Å². The Balaban J connectivity index is 1.18. The standard InChI is InChI=1S/C49H56N6O4Si/c1-36(2)58-60(8,59-37(3)4)30-12-29-52-48(56)57-35-39-19-25-45(26-20-39)55(44-13-10-9-11-14-44)46-27-23-43(24-28-46)54-53-42-21-17-38(18-22-42)15-16-40-31-41(47(34-50)51-7)33-49(5,6)32-40/h9-11,13-28,31,36-37H,12,29-30,32-33,35H2,1-6,8H3,(H,52,56)/b16-15+,47-41+,54-53?. The van der Waals surface area contributed by atoms with Crippen molar-refractivity contribution in [3.63, 3.8) is 0 Å². The molecule has 4 aromatic rings. The number of ether oxygens (including phenoxy) is 1. The molecule has 0 aromatic heterocycles.